The fourth-order valence-electron chi connectivity index (χ4n) is 2.14. The number of rotatable bonds is 3. The maximum absolute atomic E-state index is 11.1. The van der Waals surface area contributed by atoms with E-state index in [0.29, 0.717) is 5.75 Å². The van der Waals surface area contributed by atoms with Crippen molar-refractivity contribution < 1.29 is 14.6 Å². The first-order valence-corrected chi connectivity index (χ1v) is 6.94. The topological polar surface area (TPSA) is 64.4 Å². The highest BCUT2D eigenvalue weighted by Crippen LogP contribution is 2.29. The van der Waals surface area contributed by atoms with Crippen LogP contribution in [-0.2, 0) is 0 Å². The first kappa shape index (κ1) is 13.6. The number of halogens is 1. The lowest BCUT2D eigenvalue weighted by atomic mass is 10.2. The molecule has 0 aliphatic carbocycles. The molecule has 2 aromatic carbocycles. The van der Waals surface area contributed by atoms with Crippen LogP contribution in [0.3, 0.4) is 0 Å². The molecule has 21 heavy (non-hydrogen) atoms. The molecular formula is C15H11BrN2O3. The molecule has 106 valence electrons. The summed E-state index contributed by atoms with van der Waals surface area (Å²) in [6, 6.07) is 10.4. The van der Waals surface area contributed by atoms with Gasteiger partial charge in [0, 0.05) is 10.5 Å². The average Bonchev–Trinajstić information content (AvgIpc) is 2.90. The van der Waals surface area contributed by atoms with Gasteiger partial charge in [-0.05, 0) is 46.3 Å². The second-order valence-electron chi connectivity index (χ2n) is 4.44. The summed E-state index contributed by atoms with van der Waals surface area (Å²) < 4.78 is 7.93. The van der Waals surface area contributed by atoms with Crippen molar-refractivity contribution >= 4 is 32.9 Å². The lowest BCUT2D eigenvalue weighted by Gasteiger charge is -2.09. The number of nitrogens with zero attached hydrogens (tertiary/aromatic N) is 2. The van der Waals surface area contributed by atoms with Gasteiger partial charge >= 0.3 is 5.97 Å². The molecule has 1 N–H and O–H groups in total. The van der Waals surface area contributed by atoms with E-state index in [1.54, 1.807) is 31.6 Å². The Morgan fingerprint density at radius 3 is 2.81 bits per heavy atom. The second kappa shape index (κ2) is 5.21. The molecule has 5 nitrogen and oxygen atoms in total. The van der Waals surface area contributed by atoms with Crippen LogP contribution in [0.2, 0.25) is 0 Å². The lowest BCUT2D eigenvalue weighted by molar-refractivity contribution is 0.0697. The molecule has 3 rings (SSSR count). The Kier molecular flexibility index (Phi) is 3.39. The van der Waals surface area contributed by atoms with Crippen molar-refractivity contribution in [2.45, 2.75) is 0 Å². The molecule has 0 bridgehead atoms. The third-order valence-electron chi connectivity index (χ3n) is 3.21. The molecule has 3 aromatic rings. The molecule has 1 aromatic heterocycles. The summed E-state index contributed by atoms with van der Waals surface area (Å²) in [6.07, 6.45) is 1.66. The van der Waals surface area contributed by atoms with Gasteiger partial charge in [-0.25, -0.2) is 9.78 Å². The molecule has 0 spiro atoms. The van der Waals surface area contributed by atoms with Gasteiger partial charge in [-0.2, -0.15) is 0 Å². The van der Waals surface area contributed by atoms with Crippen LogP contribution >= 0.6 is 15.9 Å². The highest BCUT2D eigenvalue weighted by Gasteiger charge is 2.11. The summed E-state index contributed by atoms with van der Waals surface area (Å²) in [5, 5.41) is 9.12. The molecule has 0 fully saturated rings. The maximum atomic E-state index is 11.1. The Morgan fingerprint density at radius 2 is 2.10 bits per heavy atom. The Labute approximate surface area is 128 Å². The summed E-state index contributed by atoms with van der Waals surface area (Å²) in [4.78, 5) is 15.4. The van der Waals surface area contributed by atoms with Gasteiger partial charge in [0.1, 0.15) is 12.1 Å². The number of ether oxygens (including phenoxy) is 1. The van der Waals surface area contributed by atoms with Crippen molar-refractivity contribution in [2.75, 3.05) is 7.11 Å². The standard InChI is InChI=1S/C15H11BrN2O3/c1-21-10-3-4-11(16)13(7-10)18-8-17-12-5-2-9(15(19)20)6-14(12)18/h2-8H,1H3,(H,19,20). The fraction of sp³-hybridized carbons (Fsp3) is 0.0667. The zero-order valence-corrected chi connectivity index (χ0v) is 12.7. The zero-order chi connectivity index (χ0) is 15.0. The van der Waals surface area contributed by atoms with Crippen molar-refractivity contribution in [1.82, 2.24) is 9.55 Å². The largest absolute Gasteiger partial charge is 0.497 e. The first-order valence-electron chi connectivity index (χ1n) is 6.14. The third-order valence-corrected chi connectivity index (χ3v) is 3.88. The molecule has 6 heteroatoms. The van der Waals surface area contributed by atoms with E-state index in [-0.39, 0.29) is 5.56 Å². The number of benzene rings is 2. The van der Waals surface area contributed by atoms with Crippen LogP contribution in [0.15, 0.2) is 47.2 Å². The third kappa shape index (κ3) is 2.38. The predicted molar refractivity (Wildman–Crippen MR) is 82.3 cm³/mol. The van der Waals surface area contributed by atoms with Gasteiger partial charge in [0.2, 0.25) is 0 Å². The highest BCUT2D eigenvalue weighted by molar-refractivity contribution is 9.10. The molecule has 1 heterocycles. The molecular weight excluding hydrogens is 336 g/mol. The number of aromatic carboxylic acids is 1. The van der Waals surface area contributed by atoms with Crippen LogP contribution in [0.25, 0.3) is 16.7 Å². The number of methoxy groups -OCH3 is 1. The Bertz CT molecular complexity index is 842. The molecule has 0 unspecified atom stereocenters. The SMILES string of the molecule is COc1ccc(Br)c(-n2cnc3ccc(C(=O)O)cc32)c1. The molecule has 0 amide bonds. The highest BCUT2D eigenvalue weighted by atomic mass is 79.9. The Balaban J connectivity index is 2.25. The van der Waals surface area contributed by atoms with Gasteiger partial charge in [-0.1, -0.05) is 0 Å². The van der Waals surface area contributed by atoms with Crippen LogP contribution in [0.4, 0.5) is 0 Å². The normalized spacial score (nSPS) is 10.8. The van der Waals surface area contributed by atoms with Crippen LogP contribution in [0.1, 0.15) is 10.4 Å². The van der Waals surface area contributed by atoms with Crippen LogP contribution in [0, 0.1) is 0 Å². The lowest BCUT2D eigenvalue weighted by Crippen LogP contribution is -1.98. The number of carboxylic acid groups (broad SMARTS) is 1. The predicted octanol–water partition coefficient (Wildman–Crippen LogP) is 3.49. The van der Waals surface area contributed by atoms with Crippen molar-refractivity contribution in [2.24, 2.45) is 0 Å². The summed E-state index contributed by atoms with van der Waals surface area (Å²) in [7, 11) is 1.60. The van der Waals surface area contributed by atoms with Gasteiger partial charge < -0.3 is 9.84 Å². The maximum Gasteiger partial charge on any atom is 0.335 e. The van der Waals surface area contributed by atoms with Gasteiger partial charge in [0.05, 0.1) is 29.4 Å². The quantitative estimate of drug-likeness (QED) is 0.788. The minimum absolute atomic E-state index is 0.225. The summed E-state index contributed by atoms with van der Waals surface area (Å²) >= 11 is 3.49. The monoisotopic (exact) mass is 346 g/mol. The fourth-order valence-corrected chi connectivity index (χ4v) is 2.57. The van der Waals surface area contributed by atoms with Gasteiger partial charge in [-0.3, -0.25) is 4.57 Å². The zero-order valence-electron chi connectivity index (χ0n) is 11.1. The summed E-state index contributed by atoms with van der Waals surface area (Å²) in [5.74, 6) is -0.251. The summed E-state index contributed by atoms with van der Waals surface area (Å²) in [6.45, 7) is 0. The number of hydrogen-bond donors (Lipinski definition) is 1. The smallest absolute Gasteiger partial charge is 0.335 e. The number of carbonyl (C=O) groups is 1. The van der Waals surface area contributed by atoms with E-state index in [0.717, 1.165) is 21.2 Å². The number of hydrogen-bond acceptors (Lipinski definition) is 3. The van der Waals surface area contributed by atoms with Crippen molar-refractivity contribution in [3.63, 3.8) is 0 Å². The molecule has 0 aliphatic heterocycles. The van der Waals surface area contributed by atoms with Crippen LogP contribution in [-0.4, -0.2) is 27.7 Å². The summed E-state index contributed by atoms with van der Waals surface area (Å²) in [5.41, 5.74) is 2.52. The molecule has 0 radical (unpaired) electrons. The Hall–Kier alpha value is -2.34. The second-order valence-corrected chi connectivity index (χ2v) is 5.29. The van der Waals surface area contributed by atoms with Crippen LogP contribution in [0.5, 0.6) is 5.75 Å². The van der Waals surface area contributed by atoms with E-state index in [9.17, 15) is 4.79 Å². The Morgan fingerprint density at radius 1 is 1.29 bits per heavy atom. The van der Waals surface area contributed by atoms with E-state index >= 15 is 0 Å². The minimum Gasteiger partial charge on any atom is -0.497 e. The van der Waals surface area contributed by atoms with E-state index < -0.39 is 5.97 Å². The van der Waals surface area contributed by atoms with Crippen LogP contribution < -0.4 is 4.74 Å². The number of carboxylic acids is 1. The molecule has 0 saturated carbocycles. The number of fused-ring (bicyclic) bond motifs is 1. The van der Waals surface area contributed by atoms with E-state index in [1.165, 1.54) is 0 Å². The van der Waals surface area contributed by atoms with Gasteiger partial charge in [0.25, 0.3) is 0 Å². The number of aromatic nitrogens is 2. The van der Waals surface area contributed by atoms with Crippen molar-refractivity contribution in [3.8, 4) is 11.4 Å². The minimum atomic E-state index is -0.964. The van der Waals surface area contributed by atoms with E-state index in [2.05, 4.69) is 20.9 Å². The van der Waals surface area contributed by atoms with Crippen molar-refractivity contribution in [3.05, 3.63) is 52.8 Å². The first-order chi connectivity index (χ1) is 10.1. The number of imidazole rings is 1. The molecule has 0 atom stereocenters. The van der Waals surface area contributed by atoms with E-state index in [1.807, 2.05) is 22.8 Å². The van der Waals surface area contributed by atoms with Gasteiger partial charge in [-0.15, -0.1) is 0 Å². The molecule has 0 aliphatic rings. The van der Waals surface area contributed by atoms with Crippen molar-refractivity contribution in [1.29, 1.82) is 0 Å². The average molecular weight is 347 g/mol. The van der Waals surface area contributed by atoms with E-state index in [4.69, 9.17) is 9.84 Å². The van der Waals surface area contributed by atoms with Gasteiger partial charge in [0.15, 0.2) is 0 Å². The molecule has 0 saturated heterocycles.